The van der Waals surface area contributed by atoms with Crippen molar-refractivity contribution >= 4 is 5.78 Å². The van der Waals surface area contributed by atoms with Gasteiger partial charge in [0, 0.05) is 6.42 Å². The van der Waals surface area contributed by atoms with Crippen LogP contribution in [-0.2, 0) is 4.79 Å². The second-order valence-electron chi connectivity index (χ2n) is 3.32. The molecule has 0 amide bonds. The van der Waals surface area contributed by atoms with E-state index in [0.29, 0.717) is 12.2 Å². The average molecular weight is 167 g/mol. The van der Waals surface area contributed by atoms with E-state index in [0.717, 1.165) is 13.0 Å². The van der Waals surface area contributed by atoms with Crippen molar-refractivity contribution in [1.82, 2.24) is 5.32 Å². The second kappa shape index (κ2) is 5.09. The van der Waals surface area contributed by atoms with Gasteiger partial charge in [-0.15, -0.1) is 6.58 Å². The summed E-state index contributed by atoms with van der Waals surface area (Å²) in [5.74, 6) is 0.298. The molecule has 1 rings (SSSR count). The van der Waals surface area contributed by atoms with E-state index in [9.17, 15) is 4.79 Å². The first-order chi connectivity index (χ1) is 5.84. The molecule has 1 atom stereocenters. The molecule has 68 valence electrons. The predicted molar refractivity (Wildman–Crippen MR) is 50.1 cm³/mol. The summed E-state index contributed by atoms with van der Waals surface area (Å²) in [4.78, 5) is 11.4. The monoisotopic (exact) mass is 167 g/mol. The zero-order valence-corrected chi connectivity index (χ0v) is 7.51. The van der Waals surface area contributed by atoms with Gasteiger partial charge in [0.15, 0.2) is 5.78 Å². The van der Waals surface area contributed by atoms with E-state index >= 15 is 0 Å². The molecule has 1 aliphatic rings. The molecule has 12 heavy (non-hydrogen) atoms. The molecule has 1 N–H and O–H groups in total. The molecule has 0 saturated carbocycles. The third kappa shape index (κ3) is 2.78. The van der Waals surface area contributed by atoms with Crippen LogP contribution in [0.4, 0.5) is 0 Å². The van der Waals surface area contributed by atoms with Crippen LogP contribution in [0.3, 0.4) is 0 Å². The maximum Gasteiger partial charge on any atom is 0.153 e. The lowest BCUT2D eigenvalue weighted by Gasteiger charge is -2.12. The topological polar surface area (TPSA) is 29.1 Å². The van der Waals surface area contributed by atoms with Crippen molar-refractivity contribution in [1.29, 1.82) is 0 Å². The molecule has 0 spiro atoms. The SMILES string of the molecule is C=CCC(=O)C1CCCCCN1. The number of carbonyl (C=O) groups excluding carboxylic acids is 1. The summed E-state index contributed by atoms with van der Waals surface area (Å²) in [5.41, 5.74) is 0. The predicted octanol–water partition coefficient (Wildman–Crippen LogP) is 1.66. The number of allylic oxidation sites excluding steroid dienone is 1. The lowest BCUT2D eigenvalue weighted by atomic mass is 10.0. The number of carbonyl (C=O) groups is 1. The molecule has 0 aromatic rings. The maximum atomic E-state index is 11.4. The summed E-state index contributed by atoms with van der Waals surface area (Å²) in [7, 11) is 0. The van der Waals surface area contributed by atoms with E-state index in [1.807, 2.05) is 0 Å². The number of hydrogen-bond donors (Lipinski definition) is 1. The molecule has 1 heterocycles. The van der Waals surface area contributed by atoms with Gasteiger partial charge in [0.2, 0.25) is 0 Å². The standard InChI is InChI=1S/C10H17NO/c1-2-6-10(12)9-7-4-3-5-8-11-9/h2,9,11H,1,3-8H2. The molecule has 0 radical (unpaired) electrons. The Morgan fingerprint density at radius 1 is 1.50 bits per heavy atom. The number of ketones is 1. The molecule has 1 aliphatic heterocycles. The zero-order valence-electron chi connectivity index (χ0n) is 7.51. The normalized spacial score (nSPS) is 24.5. The Morgan fingerprint density at radius 2 is 2.33 bits per heavy atom. The van der Waals surface area contributed by atoms with Crippen LogP contribution in [0.1, 0.15) is 32.1 Å². The molecular weight excluding hydrogens is 150 g/mol. The van der Waals surface area contributed by atoms with Crippen LogP contribution >= 0.6 is 0 Å². The van der Waals surface area contributed by atoms with Crippen molar-refractivity contribution < 1.29 is 4.79 Å². The van der Waals surface area contributed by atoms with E-state index in [4.69, 9.17) is 0 Å². The van der Waals surface area contributed by atoms with Crippen molar-refractivity contribution in [2.75, 3.05) is 6.54 Å². The Kier molecular flexibility index (Phi) is 4.01. The van der Waals surface area contributed by atoms with Crippen molar-refractivity contribution in [3.05, 3.63) is 12.7 Å². The fraction of sp³-hybridized carbons (Fsp3) is 0.700. The fourth-order valence-electron chi connectivity index (χ4n) is 1.59. The highest BCUT2D eigenvalue weighted by Gasteiger charge is 2.17. The second-order valence-corrected chi connectivity index (χ2v) is 3.32. The van der Waals surface area contributed by atoms with Crippen molar-refractivity contribution in [2.45, 2.75) is 38.1 Å². The maximum absolute atomic E-state index is 11.4. The van der Waals surface area contributed by atoms with Crippen LogP contribution in [0.5, 0.6) is 0 Å². The Morgan fingerprint density at radius 3 is 3.08 bits per heavy atom. The highest BCUT2D eigenvalue weighted by molar-refractivity contribution is 5.85. The van der Waals surface area contributed by atoms with Crippen LogP contribution in [0, 0.1) is 0 Å². The number of Topliss-reactive ketones (excluding diaryl/α,β-unsaturated/α-hetero) is 1. The molecule has 0 aliphatic carbocycles. The van der Waals surface area contributed by atoms with Crippen LogP contribution in [0.25, 0.3) is 0 Å². The first kappa shape index (κ1) is 9.46. The third-order valence-corrected chi connectivity index (χ3v) is 2.29. The van der Waals surface area contributed by atoms with Crippen LogP contribution in [-0.4, -0.2) is 18.4 Å². The molecule has 1 saturated heterocycles. The van der Waals surface area contributed by atoms with E-state index in [-0.39, 0.29) is 6.04 Å². The smallest absolute Gasteiger partial charge is 0.153 e. The third-order valence-electron chi connectivity index (χ3n) is 2.29. The number of hydrogen-bond acceptors (Lipinski definition) is 2. The van der Waals surface area contributed by atoms with Gasteiger partial charge in [-0.1, -0.05) is 18.9 Å². The number of rotatable bonds is 3. The van der Waals surface area contributed by atoms with Gasteiger partial charge in [0.1, 0.15) is 0 Å². The molecule has 0 bridgehead atoms. The molecule has 0 aromatic carbocycles. The summed E-state index contributed by atoms with van der Waals surface area (Å²) < 4.78 is 0. The van der Waals surface area contributed by atoms with E-state index in [1.54, 1.807) is 6.08 Å². The van der Waals surface area contributed by atoms with Gasteiger partial charge < -0.3 is 5.32 Å². The fourth-order valence-corrected chi connectivity index (χ4v) is 1.59. The van der Waals surface area contributed by atoms with Crippen LogP contribution in [0.15, 0.2) is 12.7 Å². The minimum Gasteiger partial charge on any atom is -0.307 e. The Hall–Kier alpha value is -0.630. The summed E-state index contributed by atoms with van der Waals surface area (Å²) in [6.45, 7) is 4.56. The van der Waals surface area contributed by atoms with Crippen LogP contribution in [0.2, 0.25) is 0 Å². The molecular formula is C10H17NO. The van der Waals surface area contributed by atoms with Gasteiger partial charge in [0.05, 0.1) is 6.04 Å². The lowest BCUT2D eigenvalue weighted by Crippen LogP contribution is -2.35. The van der Waals surface area contributed by atoms with Crippen molar-refractivity contribution in [2.24, 2.45) is 0 Å². The first-order valence-corrected chi connectivity index (χ1v) is 4.71. The van der Waals surface area contributed by atoms with Crippen molar-refractivity contribution in [3.8, 4) is 0 Å². The van der Waals surface area contributed by atoms with E-state index < -0.39 is 0 Å². The van der Waals surface area contributed by atoms with Gasteiger partial charge in [0.25, 0.3) is 0 Å². The lowest BCUT2D eigenvalue weighted by molar-refractivity contribution is -0.120. The summed E-state index contributed by atoms with van der Waals surface area (Å²) in [6, 6.07) is 0.102. The Labute approximate surface area is 74.0 Å². The molecule has 2 nitrogen and oxygen atoms in total. The highest BCUT2D eigenvalue weighted by Crippen LogP contribution is 2.10. The zero-order chi connectivity index (χ0) is 8.81. The van der Waals surface area contributed by atoms with E-state index in [2.05, 4.69) is 11.9 Å². The number of nitrogens with one attached hydrogen (secondary N) is 1. The Balaban J connectivity index is 2.37. The quantitative estimate of drug-likeness (QED) is 0.648. The minimum absolute atomic E-state index is 0.102. The largest absolute Gasteiger partial charge is 0.307 e. The van der Waals surface area contributed by atoms with Gasteiger partial charge in [-0.3, -0.25) is 4.79 Å². The highest BCUT2D eigenvalue weighted by atomic mass is 16.1. The Bertz CT molecular complexity index is 157. The summed E-state index contributed by atoms with van der Waals surface area (Å²) in [6.07, 6.45) is 6.85. The van der Waals surface area contributed by atoms with Gasteiger partial charge >= 0.3 is 0 Å². The average Bonchev–Trinajstić information content (AvgIpc) is 2.32. The first-order valence-electron chi connectivity index (χ1n) is 4.71. The molecule has 2 heteroatoms. The van der Waals surface area contributed by atoms with Gasteiger partial charge in [-0.05, 0) is 19.4 Å². The summed E-state index contributed by atoms with van der Waals surface area (Å²) in [5, 5.41) is 3.27. The molecule has 1 fully saturated rings. The van der Waals surface area contributed by atoms with E-state index in [1.165, 1.54) is 19.3 Å². The van der Waals surface area contributed by atoms with Crippen LogP contribution < -0.4 is 5.32 Å². The van der Waals surface area contributed by atoms with Crippen molar-refractivity contribution in [3.63, 3.8) is 0 Å². The molecule has 0 aromatic heterocycles. The minimum atomic E-state index is 0.102. The van der Waals surface area contributed by atoms with Gasteiger partial charge in [-0.2, -0.15) is 0 Å². The van der Waals surface area contributed by atoms with Gasteiger partial charge in [-0.25, -0.2) is 0 Å². The molecule has 1 unspecified atom stereocenters. The summed E-state index contributed by atoms with van der Waals surface area (Å²) >= 11 is 0.